The molecule has 11 heteroatoms. The molecule has 1 saturated heterocycles. The van der Waals surface area contributed by atoms with Gasteiger partial charge in [0.15, 0.2) is 0 Å². The standard InChI is InChI=1S/C15H38O7Si4/c1-16-23(3,4)20-24(5,6)21-25(7,8)22-26(9,17-2)12-10-11-18-13-15-14-19-15/h15H,10-14H2,1-9H3. The molecule has 0 bridgehead atoms. The van der Waals surface area contributed by atoms with E-state index in [1.165, 1.54) is 0 Å². The first-order valence-corrected chi connectivity index (χ1v) is 20.2. The first-order valence-electron chi connectivity index (χ1n) is 9.22. The third kappa shape index (κ3) is 10.2. The molecule has 0 aromatic carbocycles. The second-order valence-corrected chi connectivity index (χ2v) is 22.6. The van der Waals surface area contributed by atoms with Crippen LogP contribution in [0.2, 0.25) is 51.9 Å². The summed E-state index contributed by atoms with van der Waals surface area (Å²) in [6.45, 7) is 16.6. The van der Waals surface area contributed by atoms with Crippen LogP contribution in [0.4, 0.5) is 0 Å². The van der Waals surface area contributed by atoms with Crippen LogP contribution in [0.5, 0.6) is 0 Å². The maximum absolute atomic E-state index is 6.48. The summed E-state index contributed by atoms with van der Waals surface area (Å²) < 4.78 is 41.2. The van der Waals surface area contributed by atoms with Gasteiger partial charge in [-0.1, -0.05) is 0 Å². The van der Waals surface area contributed by atoms with Crippen LogP contribution in [0.3, 0.4) is 0 Å². The largest absolute Gasteiger partial charge is 0.416 e. The fraction of sp³-hybridized carbons (Fsp3) is 1.00. The maximum Gasteiger partial charge on any atom is 0.325 e. The van der Waals surface area contributed by atoms with E-state index in [0.717, 1.165) is 19.1 Å². The van der Waals surface area contributed by atoms with Gasteiger partial charge in [0.1, 0.15) is 6.10 Å². The smallest absolute Gasteiger partial charge is 0.325 e. The minimum Gasteiger partial charge on any atom is -0.416 e. The lowest BCUT2D eigenvalue weighted by molar-refractivity contribution is 0.115. The number of rotatable bonds is 14. The number of hydrogen-bond acceptors (Lipinski definition) is 7. The minimum absolute atomic E-state index is 0.309. The molecule has 0 amide bonds. The predicted octanol–water partition coefficient (Wildman–Crippen LogP) is 3.31. The van der Waals surface area contributed by atoms with Crippen LogP contribution in [-0.2, 0) is 30.7 Å². The van der Waals surface area contributed by atoms with Crippen molar-refractivity contribution in [3.8, 4) is 0 Å². The minimum atomic E-state index is -2.40. The van der Waals surface area contributed by atoms with E-state index in [1.54, 1.807) is 14.2 Å². The molecule has 0 aromatic heterocycles. The third-order valence-electron chi connectivity index (χ3n) is 3.99. The highest BCUT2D eigenvalue weighted by Crippen LogP contribution is 2.26. The van der Waals surface area contributed by atoms with E-state index in [-0.39, 0.29) is 0 Å². The quantitative estimate of drug-likeness (QED) is 0.232. The number of epoxide rings is 1. The Morgan fingerprint density at radius 2 is 1.35 bits per heavy atom. The zero-order valence-corrected chi connectivity index (χ0v) is 22.0. The summed E-state index contributed by atoms with van der Waals surface area (Å²) in [7, 11) is -5.80. The molecule has 1 aliphatic heterocycles. The highest BCUT2D eigenvalue weighted by atomic mass is 28.5. The van der Waals surface area contributed by atoms with Crippen molar-refractivity contribution in [2.75, 3.05) is 34.0 Å². The van der Waals surface area contributed by atoms with Crippen molar-refractivity contribution < 1.29 is 30.7 Å². The zero-order valence-electron chi connectivity index (χ0n) is 18.0. The Labute approximate surface area is 163 Å². The molecule has 7 nitrogen and oxygen atoms in total. The van der Waals surface area contributed by atoms with E-state index in [1.807, 2.05) is 13.1 Å². The Hall–Kier alpha value is 0.588. The average Bonchev–Trinajstić information content (AvgIpc) is 3.28. The Bertz CT molecular complexity index is 432. The molecule has 2 unspecified atom stereocenters. The number of hydrogen-bond donors (Lipinski definition) is 0. The molecule has 0 aliphatic carbocycles. The molecule has 0 aromatic rings. The normalized spacial score (nSPS) is 20.9. The number of ether oxygens (including phenoxy) is 2. The van der Waals surface area contributed by atoms with Gasteiger partial charge in [0.2, 0.25) is 0 Å². The Morgan fingerprint density at radius 3 is 1.85 bits per heavy atom. The summed E-state index contributed by atoms with van der Waals surface area (Å²) in [6, 6.07) is 0.871. The molecule has 0 N–H and O–H groups in total. The predicted molar refractivity (Wildman–Crippen MR) is 111 cm³/mol. The molecule has 1 aliphatic rings. The second kappa shape index (κ2) is 9.87. The van der Waals surface area contributed by atoms with Crippen molar-refractivity contribution in [1.29, 1.82) is 0 Å². The molecule has 2 atom stereocenters. The third-order valence-corrected chi connectivity index (χ3v) is 18.7. The van der Waals surface area contributed by atoms with Gasteiger partial charge in [-0.3, -0.25) is 0 Å². The first kappa shape index (κ1) is 24.6. The summed E-state index contributed by atoms with van der Waals surface area (Å²) in [6.07, 6.45) is 1.22. The van der Waals surface area contributed by atoms with Crippen molar-refractivity contribution >= 4 is 34.2 Å². The molecule has 0 radical (unpaired) electrons. The zero-order chi connectivity index (χ0) is 20.1. The lowest BCUT2D eigenvalue weighted by atomic mass is 10.5. The molecule has 156 valence electrons. The summed E-state index contributed by atoms with van der Waals surface area (Å²) in [5.41, 5.74) is 0. The second-order valence-electron chi connectivity index (χ2n) is 8.18. The van der Waals surface area contributed by atoms with Crippen molar-refractivity contribution in [2.45, 2.75) is 64.4 Å². The highest BCUT2D eigenvalue weighted by molar-refractivity contribution is 6.87. The maximum atomic E-state index is 6.48. The average molecular weight is 443 g/mol. The van der Waals surface area contributed by atoms with Gasteiger partial charge in [-0.15, -0.1) is 0 Å². The Kier molecular flexibility index (Phi) is 9.35. The summed E-state index contributed by atoms with van der Waals surface area (Å²) in [5, 5.41) is 0. The molecular formula is C15H38O7Si4. The van der Waals surface area contributed by atoms with Crippen LogP contribution in [-0.4, -0.2) is 74.4 Å². The van der Waals surface area contributed by atoms with Gasteiger partial charge in [0, 0.05) is 20.8 Å². The fourth-order valence-corrected chi connectivity index (χ4v) is 19.6. The van der Waals surface area contributed by atoms with Crippen LogP contribution < -0.4 is 0 Å². The molecule has 0 saturated carbocycles. The summed E-state index contributed by atoms with van der Waals surface area (Å²) in [5.74, 6) is 0. The van der Waals surface area contributed by atoms with Crippen LogP contribution in [0, 0.1) is 0 Å². The molecule has 26 heavy (non-hydrogen) atoms. The lowest BCUT2D eigenvalue weighted by Crippen LogP contribution is -2.57. The van der Waals surface area contributed by atoms with Crippen LogP contribution in [0.15, 0.2) is 0 Å². The molecule has 1 fully saturated rings. The van der Waals surface area contributed by atoms with Crippen molar-refractivity contribution in [2.24, 2.45) is 0 Å². The summed E-state index contributed by atoms with van der Waals surface area (Å²) >= 11 is 0. The Balaban J connectivity index is 2.50. The molecule has 0 spiro atoms. The van der Waals surface area contributed by atoms with E-state index < -0.39 is 34.2 Å². The van der Waals surface area contributed by atoms with Crippen LogP contribution in [0.25, 0.3) is 0 Å². The van der Waals surface area contributed by atoms with Crippen molar-refractivity contribution in [3.05, 3.63) is 0 Å². The highest BCUT2D eigenvalue weighted by Gasteiger charge is 2.45. The monoisotopic (exact) mass is 442 g/mol. The van der Waals surface area contributed by atoms with E-state index in [2.05, 4.69) is 32.7 Å². The van der Waals surface area contributed by atoms with Gasteiger partial charge in [0.05, 0.1) is 13.2 Å². The van der Waals surface area contributed by atoms with Crippen LogP contribution in [0.1, 0.15) is 6.42 Å². The van der Waals surface area contributed by atoms with E-state index in [4.69, 9.17) is 30.7 Å². The van der Waals surface area contributed by atoms with Crippen LogP contribution >= 0.6 is 0 Å². The van der Waals surface area contributed by atoms with Crippen molar-refractivity contribution in [1.82, 2.24) is 0 Å². The van der Waals surface area contributed by atoms with Crippen molar-refractivity contribution in [3.63, 3.8) is 0 Å². The lowest BCUT2D eigenvalue weighted by Gasteiger charge is -2.40. The van der Waals surface area contributed by atoms with E-state index in [0.29, 0.717) is 19.3 Å². The fourth-order valence-electron chi connectivity index (χ4n) is 2.86. The summed E-state index contributed by atoms with van der Waals surface area (Å²) in [4.78, 5) is 0. The van der Waals surface area contributed by atoms with Gasteiger partial charge >= 0.3 is 34.2 Å². The van der Waals surface area contributed by atoms with Gasteiger partial charge in [-0.2, -0.15) is 0 Å². The van der Waals surface area contributed by atoms with E-state index >= 15 is 0 Å². The van der Waals surface area contributed by atoms with Gasteiger partial charge < -0.3 is 30.7 Å². The van der Waals surface area contributed by atoms with Gasteiger partial charge in [-0.25, -0.2) is 0 Å². The molecule has 1 rings (SSSR count). The molecular weight excluding hydrogens is 405 g/mol. The first-order chi connectivity index (χ1) is 11.8. The molecule has 1 heterocycles. The topological polar surface area (TPSA) is 67.9 Å². The Morgan fingerprint density at radius 1 is 0.808 bits per heavy atom. The SMILES string of the molecule is CO[Si](C)(C)O[Si](C)(C)O[Si](C)(C)O[Si](C)(CCCOCC1CO1)OC. The van der Waals surface area contributed by atoms with Gasteiger partial charge in [-0.05, 0) is 58.3 Å². The van der Waals surface area contributed by atoms with Gasteiger partial charge in [0.25, 0.3) is 0 Å². The van der Waals surface area contributed by atoms with E-state index in [9.17, 15) is 0 Å².